The van der Waals surface area contributed by atoms with E-state index in [0.717, 1.165) is 0 Å². The fraction of sp³-hybridized carbons (Fsp3) is 0.222. The Hall–Kier alpha value is -1.51. The Balaban J connectivity index is 2.80. The van der Waals surface area contributed by atoms with E-state index < -0.39 is 12.0 Å². The SMILES string of the molecule is C=CC[C@@H](C(=O)O)n1cccc1. The van der Waals surface area contributed by atoms with Crippen LogP contribution in [0.25, 0.3) is 0 Å². The van der Waals surface area contributed by atoms with Gasteiger partial charge in [0.25, 0.3) is 0 Å². The van der Waals surface area contributed by atoms with E-state index in [2.05, 4.69) is 6.58 Å². The molecule has 1 aromatic rings. The van der Waals surface area contributed by atoms with Crippen molar-refractivity contribution >= 4 is 5.97 Å². The average molecular weight is 165 g/mol. The Morgan fingerprint density at radius 1 is 1.58 bits per heavy atom. The Morgan fingerprint density at radius 2 is 2.17 bits per heavy atom. The highest BCUT2D eigenvalue weighted by Crippen LogP contribution is 2.11. The molecule has 0 radical (unpaired) electrons. The van der Waals surface area contributed by atoms with Gasteiger partial charge < -0.3 is 9.67 Å². The number of nitrogens with zero attached hydrogens (tertiary/aromatic N) is 1. The highest BCUT2D eigenvalue weighted by Gasteiger charge is 2.15. The second-order valence-corrected chi connectivity index (χ2v) is 2.51. The van der Waals surface area contributed by atoms with E-state index in [9.17, 15) is 4.79 Å². The lowest BCUT2D eigenvalue weighted by molar-refractivity contribution is -0.140. The predicted octanol–water partition coefficient (Wildman–Crippen LogP) is 1.69. The van der Waals surface area contributed by atoms with Crippen molar-refractivity contribution in [3.05, 3.63) is 37.2 Å². The van der Waals surface area contributed by atoms with Gasteiger partial charge in [0.2, 0.25) is 0 Å². The molecule has 0 aromatic carbocycles. The van der Waals surface area contributed by atoms with Crippen LogP contribution >= 0.6 is 0 Å². The van der Waals surface area contributed by atoms with Gasteiger partial charge in [-0.3, -0.25) is 0 Å². The number of rotatable bonds is 4. The summed E-state index contributed by atoms with van der Waals surface area (Å²) in [6.07, 6.45) is 5.54. The highest BCUT2D eigenvalue weighted by atomic mass is 16.4. The van der Waals surface area contributed by atoms with E-state index in [1.165, 1.54) is 0 Å². The minimum atomic E-state index is -0.828. The molecule has 1 atom stereocenters. The summed E-state index contributed by atoms with van der Waals surface area (Å²) in [4.78, 5) is 10.7. The number of aliphatic carboxylic acids is 1. The third kappa shape index (κ3) is 1.75. The molecular formula is C9H11NO2. The van der Waals surface area contributed by atoms with Gasteiger partial charge in [-0.05, 0) is 18.6 Å². The lowest BCUT2D eigenvalue weighted by atomic mass is 10.2. The largest absolute Gasteiger partial charge is 0.480 e. The molecule has 1 N–H and O–H groups in total. The molecule has 0 saturated carbocycles. The molecule has 3 nitrogen and oxygen atoms in total. The Bertz CT molecular complexity index is 264. The van der Waals surface area contributed by atoms with E-state index in [1.54, 1.807) is 35.2 Å². The maximum atomic E-state index is 10.7. The number of carboxylic acids is 1. The minimum absolute atomic E-state index is 0.448. The number of carbonyl (C=O) groups is 1. The van der Waals surface area contributed by atoms with Crippen molar-refractivity contribution in [3.63, 3.8) is 0 Å². The molecular weight excluding hydrogens is 154 g/mol. The van der Waals surface area contributed by atoms with E-state index in [1.807, 2.05) is 0 Å². The molecule has 1 heterocycles. The van der Waals surface area contributed by atoms with E-state index in [-0.39, 0.29) is 0 Å². The van der Waals surface area contributed by atoms with Gasteiger partial charge in [-0.15, -0.1) is 6.58 Å². The molecule has 1 rings (SSSR count). The number of allylic oxidation sites excluding steroid dienone is 1. The van der Waals surface area contributed by atoms with Crippen molar-refractivity contribution in [2.75, 3.05) is 0 Å². The van der Waals surface area contributed by atoms with E-state index in [0.29, 0.717) is 6.42 Å². The molecule has 0 fully saturated rings. The first-order valence-corrected chi connectivity index (χ1v) is 3.72. The first-order valence-electron chi connectivity index (χ1n) is 3.72. The third-order valence-corrected chi connectivity index (χ3v) is 1.66. The number of hydrogen-bond acceptors (Lipinski definition) is 1. The van der Waals surface area contributed by atoms with Crippen LogP contribution in [0.4, 0.5) is 0 Å². The summed E-state index contributed by atoms with van der Waals surface area (Å²) in [5, 5.41) is 8.81. The Labute approximate surface area is 70.9 Å². The molecule has 1 aromatic heterocycles. The third-order valence-electron chi connectivity index (χ3n) is 1.66. The molecule has 0 aliphatic carbocycles. The fourth-order valence-electron chi connectivity index (χ4n) is 1.06. The summed E-state index contributed by atoms with van der Waals surface area (Å²) in [7, 11) is 0. The topological polar surface area (TPSA) is 42.2 Å². The van der Waals surface area contributed by atoms with Crippen molar-refractivity contribution in [1.29, 1.82) is 0 Å². The van der Waals surface area contributed by atoms with Gasteiger partial charge in [0.15, 0.2) is 0 Å². The molecule has 0 unspecified atom stereocenters. The fourth-order valence-corrected chi connectivity index (χ4v) is 1.06. The van der Waals surface area contributed by atoms with Crippen LogP contribution in [0.5, 0.6) is 0 Å². The van der Waals surface area contributed by atoms with Crippen LogP contribution in [0.2, 0.25) is 0 Å². The quantitative estimate of drug-likeness (QED) is 0.690. The van der Waals surface area contributed by atoms with Crippen molar-refractivity contribution < 1.29 is 9.90 Å². The van der Waals surface area contributed by atoms with Crippen LogP contribution in [0.3, 0.4) is 0 Å². The monoisotopic (exact) mass is 165 g/mol. The summed E-state index contributed by atoms with van der Waals surface area (Å²) < 4.78 is 1.66. The lowest BCUT2D eigenvalue weighted by Gasteiger charge is -2.11. The van der Waals surface area contributed by atoms with Gasteiger partial charge in [0, 0.05) is 12.4 Å². The molecule has 0 bridgehead atoms. The molecule has 0 aliphatic heterocycles. The lowest BCUT2D eigenvalue weighted by Crippen LogP contribution is -2.16. The van der Waals surface area contributed by atoms with Gasteiger partial charge in [-0.2, -0.15) is 0 Å². The summed E-state index contributed by atoms with van der Waals surface area (Å²) in [6, 6.07) is 3.09. The van der Waals surface area contributed by atoms with Crippen LogP contribution in [0, 0.1) is 0 Å². The van der Waals surface area contributed by atoms with Gasteiger partial charge in [0.1, 0.15) is 6.04 Å². The summed E-state index contributed by atoms with van der Waals surface area (Å²) in [6.45, 7) is 3.52. The molecule has 12 heavy (non-hydrogen) atoms. The zero-order chi connectivity index (χ0) is 8.97. The van der Waals surface area contributed by atoms with Gasteiger partial charge in [0.05, 0.1) is 0 Å². The molecule has 0 saturated heterocycles. The second kappa shape index (κ2) is 3.76. The van der Waals surface area contributed by atoms with Crippen molar-refractivity contribution in [1.82, 2.24) is 4.57 Å². The minimum Gasteiger partial charge on any atom is -0.480 e. The zero-order valence-electron chi connectivity index (χ0n) is 6.68. The summed E-state index contributed by atoms with van der Waals surface area (Å²) in [5.41, 5.74) is 0. The average Bonchev–Trinajstić information content (AvgIpc) is 2.51. The highest BCUT2D eigenvalue weighted by molar-refractivity contribution is 5.72. The summed E-state index contributed by atoms with van der Waals surface area (Å²) >= 11 is 0. The molecule has 0 amide bonds. The Kier molecular flexibility index (Phi) is 2.69. The summed E-state index contributed by atoms with van der Waals surface area (Å²) in [5.74, 6) is -0.828. The van der Waals surface area contributed by atoms with Crippen LogP contribution in [0.15, 0.2) is 37.2 Å². The maximum absolute atomic E-state index is 10.7. The molecule has 0 aliphatic rings. The van der Waals surface area contributed by atoms with Gasteiger partial charge in [-0.1, -0.05) is 6.08 Å². The van der Waals surface area contributed by atoms with Gasteiger partial charge in [-0.25, -0.2) is 4.79 Å². The standard InChI is InChI=1S/C9H11NO2/c1-2-5-8(9(11)12)10-6-3-4-7-10/h2-4,6-8H,1,5H2,(H,11,12)/t8-/m0/s1. The van der Waals surface area contributed by atoms with Crippen LogP contribution in [-0.4, -0.2) is 15.6 Å². The van der Waals surface area contributed by atoms with Crippen molar-refractivity contribution in [2.45, 2.75) is 12.5 Å². The smallest absolute Gasteiger partial charge is 0.326 e. The van der Waals surface area contributed by atoms with Crippen molar-refractivity contribution in [2.24, 2.45) is 0 Å². The van der Waals surface area contributed by atoms with Crippen LogP contribution < -0.4 is 0 Å². The molecule has 3 heteroatoms. The molecule has 0 spiro atoms. The van der Waals surface area contributed by atoms with Crippen LogP contribution in [-0.2, 0) is 4.79 Å². The zero-order valence-corrected chi connectivity index (χ0v) is 6.68. The first kappa shape index (κ1) is 8.59. The first-order chi connectivity index (χ1) is 5.75. The maximum Gasteiger partial charge on any atom is 0.326 e. The normalized spacial score (nSPS) is 12.3. The predicted molar refractivity (Wildman–Crippen MR) is 45.9 cm³/mol. The van der Waals surface area contributed by atoms with Crippen molar-refractivity contribution in [3.8, 4) is 0 Å². The van der Waals surface area contributed by atoms with Crippen LogP contribution in [0.1, 0.15) is 12.5 Å². The number of hydrogen-bond donors (Lipinski definition) is 1. The van der Waals surface area contributed by atoms with Gasteiger partial charge >= 0.3 is 5.97 Å². The molecule has 64 valence electrons. The number of aromatic nitrogens is 1. The van der Waals surface area contributed by atoms with E-state index in [4.69, 9.17) is 5.11 Å². The second-order valence-electron chi connectivity index (χ2n) is 2.51. The van der Waals surface area contributed by atoms with E-state index >= 15 is 0 Å². The Morgan fingerprint density at radius 3 is 2.58 bits per heavy atom. The number of carboxylic acid groups (broad SMARTS) is 1.